The van der Waals surface area contributed by atoms with Gasteiger partial charge in [0.05, 0.1) is 29.9 Å². The molecule has 1 unspecified atom stereocenters. The number of benzene rings is 2. The number of methoxy groups -OCH3 is 1. The molecule has 7 nitrogen and oxygen atoms in total. The molecular formula is C20H23NO6S. The number of rotatable bonds is 8. The third-order valence-corrected chi connectivity index (χ3v) is 5.73. The van der Waals surface area contributed by atoms with Crippen molar-refractivity contribution in [1.82, 2.24) is 0 Å². The Balaban J connectivity index is 1.89. The second-order valence-corrected chi connectivity index (χ2v) is 8.31. The molecule has 0 spiro atoms. The van der Waals surface area contributed by atoms with Crippen molar-refractivity contribution >= 4 is 27.4 Å². The Hall–Kier alpha value is -2.87. The van der Waals surface area contributed by atoms with Gasteiger partial charge in [0.15, 0.2) is 15.9 Å². The molecule has 150 valence electrons. The molecule has 0 radical (unpaired) electrons. The minimum absolute atomic E-state index is 0.146. The molecule has 0 aliphatic carbocycles. The SMILES string of the molecule is COc1ccccc1NC(=O)C(C)OC(=O)CCS(=O)(=O)c1ccc(C)cc1. The smallest absolute Gasteiger partial charge is 0.307 e. The monoisotopic (exact) mass is 405 g/mol. The molecule has 2 aromatic carbocycles. The van der Waals surface area contributed by atoms with Gasteiger partial charge in [0, 0.05) is 0 Å². The van der Waals surface area contributed by atoms with Crippen LogP contribution in [0.5, 0.6) is 5.75 Å². The van der Waals surface area contributed by atoms with Crippen LogP contribution in [0.3, 0.4) is 0 Å². The molecule has 0 heterocycles. The molecule has 1 atom stereocenters. The van der Waals surface area contributed by atoms with E-state index in [0.29, 0.717) is 11.4 Å². The Labute approximate surface area is 164 Å². The lowest BCUT2D eigenvalue weighted by atomic mass is 10.2. The normalized spacial score (nSPS) is 12.1. The molecule has 1 amide bonds. The van der Waals surface area contributed by atoms with E-state index >= 15 is 0 Å². The predicted octanol–water partition coefficient (Wildman–Crippen LogP) is 2.74. The molecule has 1 N–H and O–H groups in total. The Morgan fingerprint density at radius 2 is 1.71 bits per heavy atom. The number of anilines is 1. The van der Waals surface area contributed by atoms with E-state index in [-0.39, 0.29) is 11.3 Å². The molecule has 0 aliphatic rings. The lowest BCUT2D eigenvalue weighted by Crippen LogP contribution is -2.30. The first-order chi connectivity index (χ1) is 13.2. The van der Waals surface area contributed by atoms with Crippen LogP contribution in [0, 0.1) is 6.92 Å². The number of para-hydroxylation sites is 2. The molecule has 0 saturated carbocycles. The first kappa shape index (κ1) is 21.4. The summed E-state index contributed by atoms with van der Waals surface area (Å²) >= 11 is 0. The van der Waals surface area contributed by atoms with Gasteiger partial charge in [-0.2, -0.15) is 0 Å². The quantitative estimate of drug-likeness (QED) is 0.678. The molecule has 2 rings (SSSR count). The second-order valence-electron chi connectivity index (χ2n) is 6.20. The second kappa shape index (κ2) is 9.36. The summed E-state index contributed by atoms with van der Waals surface area (Å²) in [6.45, 7) is 3.27. The van der Waals surface area contributed by atoms with Crippen molar-refractivity contribution < 1.29 is 27.5 Å². The highest BCUT2D eigenvalue weighted by Crippen LogP contribution is 2.23. The molecule has 28 heavy (non-hydrogen) atoms. The van der Waals surface area contributed by atoms with Crippen molar-refractivity contribution in [3.8, 4) is 5.75 Å². The van der Waals surface area contributed by atoms with E-state index in [9.17, 15) is 18.0 Å². The van der Waals surface area contributed by atoms with Crippen molar-refractivity contribution in [2.75, 3.05) is 18.2 Å². The summed E-state index contributed by atoms with van der Waals surface area (Å²) in [4.78, 5) is 24.3. The summed E-state index contributed by atoms with van der Waals surface area (Å²) in [5.41, 5.74) is 1.38. The van der Waals surface area contributed by atoms with E-state index < -0.39 is 33.6 Å². The average Bonchev–Trinajstić information content (AvgIpc) is 2.67. The van der Waals surface area contributed by atoms with Crippen LogP contribution >= 0.6 is 0 Å². The standard InChI is InChI=1S/C20H23NO6S/c1-14-8-10-16(11-9-14)28(24,25)13-12-19(22)27-15(2)20(23)21-17-6-4-5-7-18(17)26-3/h4-11,15H,12-13H2,1-3H3,(H,21,23). The van der Waals surface area contributed by atoms with E-state index in [2.05, 4.69) is 5.32 Å². The minimum Gasteiger partial charge on any atom is -0.495 e. The zero-order valence-corrected chi connectivity index (χ0v) is 16.8. The number of hydrogen-bond donors (Lipinski definition) is 1. The van der Waals surface area contributed by atoms with E-state index in [0.717, 1.165) is 5.56 Å². The number of nitrogens with one attached hydrogen (secondary N) is 1. The number of esters is 1. The lowest BCUT2D eigenvalue weighted by Gasteiger charge is -2.15. The molecule has 0 bridgehead atoms. The lowest BCUT2D eigenvalue weighted by molar-refractivity contribution is -0.152. The van der Waals surface area contributed by atoms with Gasteiger partial charge in [-0.1, -0.05) is 29.8 Å². The molecule has 0 saturated heterocycles. The number of sulfone groups is 1. The summed E-state index contributed by atoms with van der Waals surface area (Å²) in [5.74, 6) is -1.23. The van der Waals surface area contributed by atoms with Gasteiger partial charge in [0.25, 0.3) is 5.91 Å². The Kier molecular flexibility index (Phi) is 7.17. The maximum atomic E-state index is 12.3. The zero-order valence-electron chi connectivity index (χ0n) is 16.0. The number of carbonyl (C=O) groups excluding carboxylic acids is 2. The Morgan fingerprint density at radius 3 is 2.36 bits per heavy atom. The summed E-state index contributed by atoms with van der Waals surface area (Å²) in [6, 6.07) is 13.2. The van der Waals surface area contributed by atoms with E-state index in [1.807, 2.05) is 6.92 Å². The summed E-state index contributed by atoms with van der Waals surface area (Å²) in [5, 5.41) is 2.61. The number of aryl methyl sites for hydroxylation is 1. The van der Waals surface area contributed by atoms with Crippen LogP contribution in [0.15, 0.2) is 53.4 Å². The Bertz CT molecular complexity index is 937. The number of amides is 1. The summed E-state index contributed by atoms with van der Waals surface area (Å²) in [7, 11) is -2.13. The van der Waals surface area contributed by atoms with Crippen LogP contribution in [-0.4, -0.2) is 39.3 Å². The fraction of sp³-hybridized carbons (Fsp3) is 0.300. The minimum atomic E-state index is -3.60. The third-order valence-electron chi connectivity index (χ3n) is 4.00. The van der Waals surface area contributed by atoms with Gasteiger partial charge in [-0.15, -0.1) is 0 Å². The van der Waals surface area contributed by atoms with Crippen molar-refractivity contribution in [3.05, 3.63) is 54.1 Å². The van der Waals surface area contributed by atoms with Gasteiger partial charge in [-0.3, -0.25) is 9.59 Å². The molecule has 0 aromatic heterocycles. The maximum absolute atomic E-state index is 12.3. The fourth-order valence-corrected chi connectivity index (χ4v) is 3.59. The van der Waals surface area contributed by atoms with E-state index in [1.165, 1.54) is 26.2 Å². The highest BCUT2D eigenvalue weighted by Gasteiger charge is 2.22. The maximum Gasteiger partial charge on any atom is 0.307 e. The van der Waals surface area contributed by atoms with Crippen molar-refractivity contribution in [3.63, 3.8) is 0 Å². The van der Waals surface area contributed by atoms with Crippen LogP contribution in [0.25, 0.3) is 0 Å². The van der Waals surface area contributed by atoms with Gasteiger partial charge in [-0.25, -0.2) is 8.42 Å². The molecular weight excluding hydrogens is 382 g/mol. The van der Waals surface area contributed by atoms with Crippen LogP contribution in [0.1, 0.15) is 18.9 Å². The third kappa shape index (κ3) is 5.82. The zero-order chi connectivity index (χ0) is 20.7. The van der Waals surface area contributed by atoms with Gasteiger partial charge in [0.1, 0.15) is 5.75 Å². The largest absolute Gasteiger partial charge is 0.495 e. The van der Waals surface area contributed by atoms with Crippen LogP contribution in [0.2, 0.25) is 0 Å². The number of ether oxygens (including phenoxy) is 2. The van der Waals surface area contributed by atoms with Gasteiger partial charge < -0.3 is 14.8 Å². The topological polar surface area (TPSA) is 98.8 Å². The molecule has 0 fully saturated rings. The van der Waals surface area contributed by atoms with Gasteiger partial charge >= 0.3 is 5.97 Å². The first-order valence-electron chi connectivity index (χ1n) is 8.65. The van der Waals surface area contributed by atoms with Gasteiger partial charge in [-0.05, 0) is 38.1 Å². The predicted molar refractivity (Wildman–Crippen MR) is 105 cm³/mol. The van der Waals surface area contributed by atoms with Crippen LogP contribution < -0.4 is 10.1 Å². The Morgan fingerprint density at radius 1 is 1.07 bits per heavy atom. The molecule has 8 heteroatoms. The average molecular weight is 405 g/mol. The highest BCUT2D eigenvalue weighted by atomic mass is 32.2. The molecule has 0 aliphatic heterocycles. The fourth-order valence-electron chi connectivity index (χ4n) is 2.37. The van der Waals surface area contributed by atoms with Crippen molar-refractivity contribution in [2.45, 2.75) is 31.3 Å². The van der Waals surface area contributed by atoms with Crippen molar-refractivity contribution in [1.29, 1.82) is 0 Å². The number of hydrogen-bond acceptors (Lipinski definition) is 6. The van der Waals surface area contributed by atoms with E-state index in [1.54, 1.807) is 36.4 Å². The number of carbonyl (C=O) groups is 2. The van der Waals surface area contributed by atoms with Crippen LogP contribution in [0.4, 0.5) is 5.69 Å². The molecule has 2 aromatic rings. The van der Waals surface area contributed by atoms with E-state index in [4.69, 9.17) is 9.47 Å². The highest BCUT2D eigenvalue weighted by molar-refractivity contribution is 7.91. The first-order valence-corrected chi connectivity index (χ1v) is 10.3. The van der Waals surface area contributed by atoms with Crippen molar-refractivity contribution in [2.24, 2.45) is 0 Å². The summed E-state index contributed by atoms with van der Waals surface area (Å²) in [6.07, 6.45) is -1.43. The van der Waals surface area contributed by atoms with Gasteiger partial charge in [0.2, 0.25) is 0 Å². The van der Waals surface area contributed by atoms with Crippen LogP contribution in [-0.2, 0) is 24.2 Å². The summed E-state index contributed by atoms with van der Waals surface area (Å²) < 4.78 is 34.8.